The third kappa shape index (κ3) is 2.82. The predicted octanol–water partition coefficient (Wildman–Crippen LogP) is 0.845. The van der Waals surface area contributed by atoms with E-state index in [1.54, 1.807) is 0 Å². The van der Waals surface area contributed by atoms with Crippen LogP contribution in [0.2, 0.25) is 0 Å². The van der Waals surface area contributed by atoms with Gasteiger partial charge in [0.1, 0.15) is 5.82 Å². The highest BCUT2D eigenvalue weighted by Crippen LogP contribution is 2.14. The predicted molar refractivity (Wildman–Crippen MR) is 71.1 cm³/mol. The lowest BCUT2D eigenvalue weighted by atomic mass is 10.1. The van der Waals surface area contributed by atoms with Crippen LogP contribution < -0.4 is 5.14 Å². The Morgan fingerprint density at radius 1 is 1.26 bits per heavy atom. The highest BCUT2D eigenvalue weighted by molar-refractivity contribution is 7.89. The first-order valence-corrected chi connectivity index (χ1v) is 7.47. The lowest BCUT2D eigenvalue weighted by molar-refractivity contribution is 0.565. The number of benzene rings is 1. The number of hydrogen-bond acceptors (Lipinski definition) is 4. The van der Waals surface area contributed by atoms with E-state index in [-0.39, 0.29) is 5.16 Å². The zero-order valence-electron chi connectivity index (χ0n) is 10.9. The van der Waals surface area contributed by atoms with Gasteiger partial charge < -0.3 is 4.57 Å². The van der Waals surface area contributed by atoms with Crippen LogP contribution in [0.3, 0.4) is 0 Å². The van der Waals surface area contributed by atoms with Gasteiger partial charge in [-0.15, -0.1) is 10.2 Å². The van der Waals surface area contributed by atoms with E-state index in [0.717, 1.165) is 11.1 Å². The van der Waals surface area contributed by atoms with Gasteiger partial charge in [-0.2, -0.15) is 0 Å². The SMILES string of the molecule is CCn1c(Cc2ccccc2C)nnc1S(N)(=O)=O. The second-order valence-electron chi connectivity index (χ2n) is 4.29. The normalized spacial score (nSPS) is 11.7. The van der Waals surface area contributed by atoms with Gasteiger partial charge in [-0.1, -0.05) is 24.3 Å². The number of nitrogens with zero attached hydrogens (tertiary/aromatic N) is 3. The molecule has 2 N–H and O–H groups in total. The first kappa shape index (κ1) is 13.7. The van der Waals surface area contributed by atoms with Crippen LogP contribution in [-0.2, 0) is 23.0 Å². The molecule has 0 amide bonds. The summed E-state index contributed by atoms with van der Waals surface area (Å²) >= 11 is 0. The maximum atomic E-state index is 11.4. The van der Waals surface area contributed by atoms with Crippen molar-refractivity contribution in [1.82, 2.24) is 14.8 Å². The maximum Gasteiger partial charge on any atom is 0.273 e. The molecule has 1 aromatic heterocycles. The minimum Gasteiger partial charge on any atom is -0.301 e. The molecular weight excluding hydrogens is 264 g/mol. The summed E-state index contributed by atoms with van der Waals surface area (Å²) in [6.07, 6.45) is 0.531. The number of nitrogens with two attached hydrogens (primary N) is 1. The molecule has 0 spiro atoms. The smallest absolute Gasteiger partial charge is 0.273 e. The minimum atomic E-state index is -3.84. The summed E-state index contributed by atoms with van der Waals surface area (Å²) < 4.78 is 24.3. The summed E-state index contributed by atoms with van der Waals surface area (Å²) in [6.45, 7) is 4.29. The first-order chi connectivity index (χ1) is 8.93. The summed E-state index contributed by atoms with van der Waals surface area (Å²) in [7, 11) is -3.84. The van der Waals surface area contributed by atoms with Crippen LogP contribution in [0.5, 0.6) is 0 Å². The molecule has 0 unspecified atom stereocenters. The summed E-state index contributed by atoms with van der Waals surface area (Å²) in [5.74, 6) is 0.598. The molecule has 0 saturated carbocycles. The van der Waals surface area contributed by atoms with Crippen molar-refractivity contribution in [2.45, 2.75) is 32.0 Å². The second kappa shape index (κ2) is 5.10. The molecule has 0 bridgehead atoms. The molecule has 1 heterocycles. The molecule has 1 aromatic carbocycles. The van der Waals surface area contributed by atoms with Crippen molar-refractivity contribution in [3.05, 3.63) is 41.2 Å². The van der Waals surface area contributed by atoms with E-state index in [1.807, 2.05) is 38.1 Å². The molecule has 19 heavy (non-hydrogen) atoms. The fraction of sp³-hybridized carbons (Fsp3) is 0.333. The maximum absolute atomic E-state index is 11.4. The van der Waals surface area contributed by atoms with E-state index in [0.29, 0.717) is 18.8 Å². The average molecular weight is 280 g/mol. The Labute approximate surface area is 112 Å². The van der Waals surface area contributed by atoms with Crippen molar-refractivity contribution in [2.75, 3.05) is 0 Å². The number of aryl methyl sites for hydroxylation is 1. The highest BCUT2D eigenvalue weighted by atomic mass is 32.2. The minimum absolute atomic E-state index is 0.182. The van der Waals surface area contributed by atoms with Crippen LogP contribution in [0.25, 0.3) is 0 Å². The topological polar surface area (TPSA) is 90.9 Å². The standard InChI is InChI=1S/C12H16N4O2S/c1-3-16-11(14-15-12(16)19(13,17)18)8-10-7-5-4-6-9(10)2/h4-7H,3,8H2,1-2H3,(H2,13,17,18). The summed E-state index contributed by atoms with van der Waals surface area (Å²) in [6, 6.07) is 7.89. The van der Waals surface area contributed by atoms with E-state index in [2.05, 4.69) is 10.2 Å². The molecule has 6 nitrogen and oxygen atoms in total. The van der Waals surface area contributed by atoms with E-state index in [9.17, 15) is 8.42 Å². The fourth-order valence-corrected chi connectivity index (χ4v) is 2.65. The number of aromatic nitrogens is 3. The molecule has 7 heteroatoms. The van der Waals surface area contributed by atoms with E-state index in [1.165, 1.54) is 4.57 Å². The Morgan fingerprint density at radius 3 is 2.53 bits per heavy atom. The van der Waals surface area contributed by atoms with Gasteiger partial charge in [-0.05, 0) is 25.0 Å². The highest BCUT2D eigenvalue weighted by Gasteiger charge is 2.20. The summed E-state index contributed by atoms with van der Waals surface area (Å²) in [5.41, 5.74) is 2.22. The van der Waals surface area contributed by atoms with E-state index >= 15 is 0 Å². The molecule has 0 radical (unpaired) electrons. The fourth-order valence-electron chi connectivity index (χ4n) is 1.96. The van der Waals surface area contributed by atoms with Crippen molar-refractivity contribution in [3.8, 4) is 0 Å². The van der Waals surface area contributed by atoms with E-state index < -0.39 is 10.0 Å². The number of sulfonamides is 1. The molecule has 0 saturated heterocycles. The molecule has 2 aromatic rings. The zero-order valence-corrected chi connectivity index (χ0v) is 11.7. The lowest BCUT2D eigenvalue weighted by Gasteiger charge is -2.07. The monoisotopic (exact) mass is 280 g/mol. The van der Waals surface area contributed by atoms with Gasteiger partial charge in [0.15, 0.2) is 0 Å². The third-order valence-corrected chi connectivity index (χ3v) is 3.78. The molecule has 0 aliphatic carbocycles. The number of primary sulfonamides is 1. The molecule has 0 aliphatic rings. The Bertz CT molecular complexity index is 692. The van der Waals surface area contributed by atoms with Gasteiger partial charge in [0.05, 0.1) is 0 Å². The van der Waals surface area contributed by atoms with Crippen molar-refractivity contribution in [1.29, 1.82) is 0 Å². The van der Waals surface area contributed by atoms with Gasteiger partial charge in [0.25, 0.3) is 15.2 Å². The van der Waals surface area contributed by atoms with Gasteiger partial charge >= 0.3 is 0 Å². The quantitative estimate of drug-likeness (QED) is 0.898. The van der Waals surface area contributed by atoms with Crippen LogP contribution in [0.4, 0.5) is 0 Å². The summed E-state index contributed by atoms with van der Waals surface area (Å²) in [5, 5.41) is 12.6. The molecule has 0 atom stereocenters. The Balaban J connectivity index is 2.43. The van der Waals surface area contributed by atoms with Crippen LogP contribution in [0.1, 0.15) is 23.9 Å². The number of hydrogen-bond donors (Lipinski definition) is 1. The second-order valence-corrected chi connectivity index (χ2v) is 5.75. The van der Waals surface area contributed by atoms with Crippen LogP contribution in [-0.4, -0.2) is 23.2 Å². The molecular formula is C12H16N4O2S. The van der Waals surface area contributed by atoms with Gasteiger partial charge in [0.2, 0.25) is 0 Å². The van der Waals surface area contributed by atoms with Crippen LogP contribution in [0, 0.1) is 6.92 Å². The first-order valence-electron chi connectivity index (χ1n) is 5.93. The molecule has 102 valence electrons. The molecule has 0 aliphatic heterocycles. The van der Waals surface area contributed by atoms with Gasteiger partial charge in [-0.25, -0.2) is 13.6 Å². The van der Waals surface area contributed by atoms with Crippen molar-refractivity contribution >= 4 is 10.0 Å². The lowest BCUT2D eigenvalue weighted by Crippen LogP contribution is -2.19. The Morgan fingerprint density at radius 2 is 1.95 bits per heavy atom. The van der Waals surface area contributed by atoms with Crippen LogP contribution in [0.15, 0.2) is 29.4 Å². The van der Waals surface area contributed by atoms with E-state index in [4.69, 9.17) is 5.14 Å². The van der Waals surface area contributed by atoms with Gasteiger partial charge in [0, 0.05) is 13.0 Å². The molecule has 0 fully saturated rings. The number of rotatable bonds is 4. The largest absolute Gasteiger partial charge is 0.301 e. The Kier molecular flexibility index (Phi) is 3.68. The van der Waals surface area contributed by atoms with Gasteiger partial charge in [-0.3, -0.25) is 0 Å². The third-order valence-electron chi connectivity index (χ3n) is 2.97. The van der Waals surface area contributed by atoms with Crippen molar-refractivity contribution in [3.63, 3.8) is 0 Å². The zero-order chi connectivity index (χ0) is 14.0. The van der Waals surface area contributed by atoms with Crippen LogP contribution >= 0.6 is 0 Å². The Hall–Kier alpha value is -1.73. The van der Waals surface area contributed by atoms with Crippen molar-refractivity contribution in [2.24, 2.45) is 5.14 Å². The molecule has 2 rings (SSSR count). The average Bonchev–Trinajstić information content (AvgIpc) is 2.74. The summed E-state index contributed by atoms with van der Waals surface area (Å²) in [4.78, 5) is 0. The van der Waals surface area contributed by atoms with Crippen molar-refractivity contribution < 1.29 is 8.42 Å².